The van der Waals surface area contributed by atoms with Crippen molar-refractivity contribution in [1.82, 2.24) is 20.0 Å². The fraction of sp³-hybridized carbons (Fsp3) is 0.591. The van der Waals surface area contributed by atoms with E-state index in [-0.39, 0.29) is 17.9 Å². The van der Waals surface area contributed by atoms with Crippen molar-refractivity contribution in [3.63, 3.8) is 0 Å². The predicted molar refractivity (Wildman–Crippen MR) is 111 cm³/mol. The minimum atomic E-state index is -0.0795. The van der Waals surface area contributed by atoms with E-state index in [1.54, 1.807) is 17.0 Å². The first-order chi connectivity index (χ1) is 13.8. The highest BCUT2D eigenvalue weighted by molar-refractivity contribution is 5.91. The van der Waals surface area contributed by atoms with Crippen molar-refractivity contribution in [3.05, 3.63) is 41.1 Å². The molecular weight excluding hydrogens is 368 g/mol. The molecule has 0 saturated carbocycles. The molecule has 7 nitrogen and oxygen atoms in total. The number of amides is 2. The van der Waals surface area contributed by atoms with E-state index in [0.717, 1.165) is 30.8 Å². The molecule has 7 heteroatoms. The van der Waals surface area contributed by atoms with Crippen LogP contribution in [0.2, 0.25) is 0 Å². The Labute approximate surface area is 172 Å². The number of aromatic nitrogens is 2. The second-order valence-electron chi connectivity index (χ2n) is 8.34. The average molecular weight is 401 g/mol. The number of likely N-dealkylation sites (tertiary alicyclic amines) is 1. The van der Waals surface area contributed by atoms with E-state index in [1.165, 1.54) is 11.8 Å². The van der Waals surface area contributed by atoms with Gasteiger partial charge in [-0.3, -0.25) is 14.3 Å². The van der Waals surface area contributed by atoms with Crippen molar-refractivity contribution in [2.24, 2.45) is 5.92 Å². The minimum Gasteiger partial charge on any atom is -0.459 e. The van der Waals surface area contributed by atoms with Crippen molar-refractivity contribution in [3.8, 4) is 0 Å². The minimum absolute atomic E-state index is 0.0659. The van der Waals surface area contributed by atoms with Crippen LogP contribution in [0.25, 0.3) is 0 Å². The molecule has 0 unspecified atom stereocenters. The molecular formula is C22H32N4O3. The zero-order chi connectivity index (χ0) is 21.0. The molecule has 29 heavy (non-hydrogen) atoms. The molecule has 3 heterocycles. The summed E-state index contributed by atoms with van der Waals surface area (Å²) >= 11 is 0. The highest BCUT2D eigenvalue weighted by Gasteiger charge is 2.26. The quantitative estimate of drug-likeness (QED) is 0.774. The average Bonchev–Trinajstić information content (AvgIpc) is 3.29. The van der Waals surface area contributed by atoms with Gasteiger partial charge in [0.1, 0.15) is 0 Å². The molecule has 1 fully saturated rings. The lowest BCUT2D eigenvalue weighted by Gasteiger charge is -2.31. The Morgan fingerprint density at radius 2 is 2.00 bits per heavy atom. The van der Waals surface area contributed by atoms with Gasteiger partial charge in [-0.1, -0.05) is 13.8 Å². The molecule has 0 radical (unpaired) electrons. The molecule has 0 spiro atoms. The Morgan fingerprint density at radius 1 is 1.28 bits per heavy atom. The van der Waals surface area contributed by atoms with Crippen LogP contribution < -0.4 is 5.32 Å². The normalized spacial score (nSPS) is 15.1. The van der Waals surface area contributed by atoms with Crippen LogP contribution in [0, 0.1) is 19.8 Å². The standard InChI is InChI=1S/C22H32N4O3/c1-15(2)14-26-17(4)19(16(3)24-26)7-8-21(27)23-18-9-11-25(12-10-18)22(28)20-6-5-13-29-20/h5-6,13,15,18H,7-12,14H2,1-4H3,(H,23,27). The molecule has 2 aromatic heterocycles. The van der Waals surface area contributed by atoms with Crippen LogP contribution in [0.4, 0.5) is 0 Å². The lowest BCUT2D eigenvalue weighted by molar-refractivity contribution is -0.122. The first-order valence-corrected chi connectivity index (χ1v) is 10.5. The van der Waals surface area contributed by atoms with Gasteiger partial charge in [0.15, 0.2) is 5.76 Å². The summed E-state index contributed by atoms with van der Waals surface area (Å²) in [6.45, 7) is 10.6. The Morgan fingerprint density at radius 3 is 2.62 bits per heavy atom. The summed E-state index contributed by atoms with van der Waals surface area (Å²) in [6.07, 6.45) is 4.21. The number of piperidine rings is 1. The number of carbonyl (C=O) groups is 2. The monoisotopic (exact) mass is 400 g/mol. The van der Waals surface area contributed by atoms with Crippen molar-refractivity contribution in [1.29, 1.82) is 0 Å². The Kier molecular flexibility index (Phi) is 6.77. The second-order valence-corrected chi connectivity index (χ2v) is 8.34. The fourth-order valence-electron chi connectivity index (χ4n) is 3.94. The van der Waals surface area contributed by atoms with E-state index in [9.17, 15) is 9.59 Å². The Hall–Kier alpha value is -2.57. The second kappa shape index (κ2) is 9.29. The van der Waals surface area contributed by atoms with Crippen LogP contribution in [0.3, 0.4) is 0 Å². The fourth-order valence-corrected chi connectivity index (χ4v) is 3.94. The third kappa shape index (κ3) is 5.28. The summed E-state index contributed by atoms with van der Waals surface area (Å²) in [7, 11) is 0. The molecule has 0 aromatic carbocycles. The highest BCUT2D eigenvalue weighted by atomic mass is 16.3. The molecule has 2 amide bonds. The molecule has 158 valence electrons. The molecule has 3 rings (SSSR count). The van der Waals surface area contributed by atoms with E-state index in [2.05, 4.69) is 35.9 Å². The van der Waals surface area contributed by atoms with Gasteiger partial charge in [-0.05, 0) is 56.7 Å². The first-order valence-electron chi connectivity index (χ1n) is 10.5. The zero-order valence-corrected chi connectivity index (χ0v) is 17.9. The maximum Gasteiger partial charge on any atom is 0.289 e. The number of rotatable bonds is 7. The summed E-state index contributed by atoms with van der Waals surface area (Å²) in [5.74, 6) is 0.895. The summed E-state index contributed by atoms with van der Waals surface area (Å²) in [5.41, 5.74) is 3.36. The molecule has 1 N–H and O–H groups in total. The number of aryl methyl sites for hydroxylation is 1. The van der Waals surface area contributed by atoms with Crippen LogP contribution >= 0.6 is 0 Å². The molecule has 1 saturated heterocycles. The van der Waals surface area contributed by atoms with Gasteiger partial charge in [-0.2, -0.15) is 5.10 Å². The van der Waals surface area contributed by atoms with Crippen LogP contribution in [0.5, 0.6) is 0 Å². The van der Waals surface area contributed by atoms with Gasteiger partial charge >= 0.3 is 0 Å². The van der Waals surface area contributed by atoms with E-state index in [4.69, 9.17) is 4.42 Å². The number of hydrogen-bond acceptors (Lipinski definition) is 4. The van der Waals surface area contributed by atoms with E-state index < -0.39 is 0 Å². The van der Waals surface area contributed by atoms with Crippen molar-refractivity contribution >= 4 is 11.8 Å². The van der Waals surface area contributed by atoms with Gasteiger partial charge in [-0.25, -0.2) is 0 Å². The molecule has 1 aliphatic rings. The number of carbonyl (C=O) groups excluding carboxylic acids is 2. The zero-order valence-electron chi connectivity index (χ0n) is 17.9. The van der Waals surface area contributed by atoms with Gasteiger partial charge < -0.3 is 14.6 Å². The van der Waals surface area contributed by atoms with Crippen LogP contribution in [0.1, 0.15) is 60.6 Å². The Balaban J connectivity index is 1.45. The predicted octanol–water partition coefficient (Wildman–Crippen LogP) is 3.10. The molecule has 0 bridgehead atoms. The number of hydrogen-bond donors (Lipinski definition) is 1. The van der Waals surface area contributed by atoms with E-state index in [0.29, 0.717) is 37.6 Å². The maximum absolute atomic E-state index is 12.5. The van der Waals surface area contributed by atoms with Crippen LogP contribution in [0.15, 0.2) is 22.8 Å². The first kappa shape index (κ1) is 21.1. The van der Waals surface area contributed by atoms with Crippen molar-refractivity contribution in [2.45, 2.75) is 66.0 Å². The molecule has 0 aliphatic carbocycles. The smallest absolute Gasteiger partial charge is 0.289 e. The van der Waals surface area contributed by atoms with Gasteiger partial charge in [0, 0.05) is 37.8 Å². The van der Waals surface area contributed by atoms with E-state index >= 15 is 0 Å². The largest absolute Gasteiger partial charge is 0.459 e. The van der Waals surface area contributed by atoms with Gasteiger partial charge in [0.25, 0.3) is 5.91 Å². The number of furan rings is 1. The lowest BCUT2D eigenvalue weighted by Crippen LogP contribution is -2.46. The molecule has 1 aliphatic heterocycles. The topological polar surface area (TPSA) is 80.4 Å². The molecule has 2 aromatic rings. The molecule has 0 atom stereocenters. The summed E-state index contributed by atoms with van der Waals surface area (Å²) in [4.78, 5) is 26.6. The summed E-state index contributed by atoms with van der Waals surface area (Å²) in [5, 5.41) is 7.76. The number of nitrogens with one attached hydrogen (secondary N) is 1. The SMILES string of the molecule is Cc1nn(CC(C)C)c(C)c1CCC(=O)NC1CCN(C(=O)c2ccco2)CC1. The van der Waals surface area contributed by atoms with Crippen LogP contribution in [-0.4, -0.2) is 45.6 Å². The van der Waals surface area contributed by atoms with Crippen LogP contribution in [-0.2, 0) is 17.8 Å². The van der Waals surface area contributed by atoms with Gasteiger partial charge in [-0.15, -0.1) is 0 Å². The van der Waals surface area contributed by atoms with Crippen molar-refractivity contribution in [2.75, 3.05) is 13.1 Å². The van der Waals surface area contributed by atoms with Crippen molar-refractivity contribution < 1.29 is 14.0 Å². The third-order valence-electron chi connectivity index (χ3n) is 5.55. The Bertz CT molecular complexity index is 831. The lowest BCUT2D eigenvalue weighted by atomic mass is 10.0. The number of nitrogens with zero attached hydrogens (tertiary/aromatic N) is 3. The van der Waals surface area contributed by atoms with E-state index in [1.807, 2.05) is 6.92 Å². The third-order valence-corrected chi connectivity index (χ3v) is 5.55. The maximum atomic E-state index is 12.5. The summed E-state index contributed by atoms with van der Waals surface area (Å²) in [6, 6.07) is 3.52. The van der Waals surface area contributed by atoms with Gasteiger partial charge in [0.2, 0.25) is 5.91 Å². The highest BCUT2D eigenvalue weighted by Crippen LogP contribution is 2.18. The van der Waals surface area contributed by atoms with Gasteiger partial charge in [0.05, 0.1) is 12.0 Å². The summed E-state index contributed by atoms with van der Waals surface area (Å²) < 4.78 is 7.24.